The summed E-state index contributed by atoms with van der Waals surface area (Å²) in [5.74, 6) is 0.159. The lowest BCUT2D eigenvalue weighted by molar-refractivity contribution is -0.123. The van der Waals surface area contributed by atoms with Crippen LogP contribution in [0.5, 0.6) is 0 Å². The molecule has 0 aliphatic carbocycles. The fourth-order valence-electron chi connectivity index (χ4n) is 2.20. The van der Waals surface area contributed by atoms with Gasteiger partial charge in [-0.3, -0.25) is 9.48 Å². The summed E-state index contributed by atoms with van der Waals surface area (Å²) in [5, 5.41) is 4.37. The zero-order valence-corrected chi connectivity index (χ0v) is 12.3. The fourth-order valence-corrected chi connectivity index (χ4v) is 2.20. The van der Waals surface area contributed by atoms with Crippen LogP contribution in [-0.2, 0) is 4.79 Å². The first-order chi connectivity index (χ1) is 8.67. The van der Waals surface area contributed by atoms with E-state index >= 15 is 0 Å². The molecule has 19 heavy (non-hydrogen) atoms. The molecule has 1 aromatic rings. The number of nitrogens with zero attached hydrogens (tertiary/aromatic N) is 4. The molecule has 104 valence electrons. The van der Waals surface area contributed by atoms with Gasteiger partial charge in [0.15, 0.2) is 5.82 Å². The average Bonchev–Trinajstić information content (AvgIpc) is 2.75. The summed E-state index contributed by atoms with van der Waals surface area (Å²) >= 11 is 0. The van der Waals surface area contributed by atoms with Gasteiger partial charge in [0.1, 0.15) is 5.54 Å². The third kappa shape index (κ3) is 1.82. The number of carbonyl (C=O) groups is 2. The Kier molecular flexibility index (Phi) is 2.91. The molecule has 6 heteroatoms. The van der Waals surface area contributed by atoms with E-state index in [9.17, 15) is 9.59 Å². The molecule has 1 aliphatic rings. The second-order valence-electron chi connectivity index (χ2n) is 5.72. The van der Waals surface area contributed by atoms with Crippen molar-refractivity contribution in [3.8, 4) is 0 Å². The van der Waals surface area contributed by atoms with Gasteiger partial charge in [-0.25, -0.2) is 9.69 Å². The monoisotopic (exact) mass is 264 g/mol. The highest BCUT2D eigenvalue weighted by Gasteiger charge is 2.50. The molecule has 0 aromatic carbocycles. The first-order valence-corrected chi connectivity index (χ1v) is 6.36. The first kappa shape index (κ1) is 13.6. The van der Waals surface area contributed by atoms with Gasteiger partial charge in [0, 0.05) is 24.8 Å². The Balaban J connectivity index is 2.46. The molecule has 0 spiro atoms. The number of hydrogen-bond donors (Lipinski definition) is 0. The maximum absolute atomic E-state index is 12.4. The Morgan fingerprint density at radius 3 is 2.21 bits per heavy atom. The van der Waals surface area contributed by atoms with Crippen LogP contribution in [0.3, 0.4) is 0 Å². The van der Waals surface area contributed by atoms with Crippen LogP contribution in [0.2, 0.25) is 0 Å². The summed E-state index contributed by atoms with van der Waals surface area (Å²) in [6.07, 6.45) is 0. The lowest BCUT2D eigenvalue weighted by atomic mass is 10.1. The first-order valence-electron chi connectivity index (χ1n) is 6.36. The number of anilines is 1. The molecule has 0 N–H and O–H groups in total. The molecule has 0 bridgehead atoms. The molecular weight excluding hydrogens is 244 g/mol. The number of rotatable bonds is 2. The molecule has 1 saturated heterocycles. The molecule has 0 unspecified atom stereocenters. The topological polar surface area (TPSA) is 58.4 Å². The maximum atomic E-state index is 12.4. The minimum atomic E-state index is -0.827. The highest BCUT2D eigenvalue weighted by Crippen LogP contribution is 2.30. The summed E-state index contributed by atoms with van der Waals surface area (Å²) in [6.45, 7) is 9.40. The minimum Gasteiger partial charge on any atom is -0.313 e. The van der Waals surface area contributed by atoms with Crippen molar-refractivity contribution in [1.29, 1.82) is 0 Å². The van der Waals surface area contributed by atoms with Crippen molar-refractivity contribution in [3.63, 3.8) is 0 Å². The molecule has 2 heterocycles. The van der Waals surface area contributed by atoms with E-state index in [0.717, 1.165) is 10.6 Å². The Labute approximate surface area is 113 Å². The molecule has 0 saturated carbocycles. The van der Waals surface area contributed by atoms with Crippen LogP contribution in [0, 0.1) is 6.92 Å². The van der Waals surface area contributed by atoms with E-state index in [2.05, 4.69) is 5.10 Å². The van der Waals surface area contributed by atoms with E-state index in [1.54, 1.807) is 31.6 Å². The molecule has 6 nitrogen and oxygen atoms in total. The van der Waals surface area contributed by atoms with Crippen LogP contribution in [0.25, 0.3) is 0 Å². The van der Waals surface area contributed by atoms with Crippen molar-refractivity contribution in [3.05, 3.63) is 11.8 Å². The molecule has 1 fully saturated rings. The van der Waals surface area contributed by atoms with Crippen LogP contribution in [0.4, 0.5) is 10.6 Å². The van der Waals surface area contributed by atoms with Crippen molar-refractivity contribution in [2.75, 3.05) is 11.9 Å². The maximum Gasteiger partial charge on any atom is 0.333 e. The zero-order valence-electron chi connectivity index (χ0n) is 12.3. The molecule has 0 atom stereocenters. The number of likely N-dealkylation sites (N-methyl/N-ethyl adjacent to an activating group) is 1. The predicted octanol–water partition coefficient (Wildman–Crippen LogP) is 1.95. The Bertz CT molecular complexity index is 545. The van der Waals surface area contributed by atoms with Crippen LogP contribution in [-0.4, -0.2) is 39.2 Å². The summed E-state index contributed by atoms with van der Waals surface area (Å²) in [4.78, 5) is 27.2. The molecule has 1 aromatic heterocycles. The fraction of sp³-hybridized carbons (Fsp3) is 0.615. The summed E-state index contributed by atoms with van der Waals surface area (Å²) < 4.78 is 1.81. The molecule has 2 rings (SSSR count). The smallest absolute Gasteiger partial charge is 0.313 e. The number of carbonyl (C=O) groups excluding carboxylic acids is 2. The average molecular weight is 264 g/mol. The van der Waals surface area contributed by atoms with Crippen molar-refractivity contribution in [2.24, 2.45) is 0 Å². The van der Waals surface area contributed by atoms with E-state index in [1.807, 2.05) is 20.8 Å². The predicted molar refractivity (Wildman–Crippen MR) is 72.1 cm³/mol. The molecule has 3 amide bonds. The Morgan fingerprint density at radius 2 is 1.84 bits per heavy atom. The number of hydrogen-bond acceptors (Lipinski definition) is 3. The van der Waals surface area contributed by atoms with E-state index < -0.39 is 5.54 Å². The van der Waals surface area contributed by atoms with E-state index in [1.165, 1.54) is 4.90 Å². The third-order valence-electron chi connectivity index (χ3n) is 3.67. The van der Waals surface area contributed by atoms with Gasteiger partial charge < -0.3 is 4.90 Å². The second kappa shape index (κ2) is 4.08. The van der Waals surface area contributed by atoms with Crippen LogP contribution in [0.15, 0.2) is 6.07 Å². The number of imide groups is 1. The molecule has 0 radical (unpaired) electrons. The Hall–Kier alpha value is -1.85. The number of aryl methyl sites for hydroxylation is 1. The van der Waals surface area contributed by atoms with Gasteiger partial charge in [0.05, 0.1) is 0 Å². The second-order valence-corrected chi connectivity index (χ2v) is 5.72. The zero-order chi connectivity index (χ0) is 14.5. The van der Waals surface area contributed by atoms with E-state index in [0.29, 0.717) is 5.82 Å². The number of amides is 3. The Morgan fingerprint density at radius 1 is 1.26 bits per heavy atom. The van der Waals surface area contributed by atoms with Crippen molar-refractivity contribution in [2.45, 2.75) is 46.2 Å². The van der Waals surface area contributed by atoms with Gasteiger partial charge in [-0.05, 0) is 34.6 Å². The standard InChI is InChI=1S/C13H20N4O2/c1-8(2)17-9(3)7-10(14-17)16-11(18)13(4,5)15(6)12(16)19/h7-8H,1-6H3. The van der Waals surface area contributed by atoms with E-state index in [-0.39, 0.29) is 18.0 Å². The van der Waals surface area contributed by atoms with Crippen LogP contribution in [0.1, 0.15) is 39.4 Å². The quantitative estimate of drug-likeness (QED) is 0.767. The van der Waals surface area contributed by atoms with Gasteiger partial charge in [0.2, 0.25) is 0 Å². The van der Waals surface area contributed by atoms with Gasteiger partial charge >= 0.3 is 6.03 Å². The minimum absolute atomic E-state index is 0.187. The summed E-state index contributed by atoms with van der Waals surface area (Å²) in [6, 6.07) is 1.63. The summed E-state index contributed by atoms with van der Waals surface area (Å²) in [7, 11) is 1.63. The van der Waals surface area contributed by atoms with Crippen LogP contribution < -0.4 is 4.90 Å². The van der Waals surface area contributed by atoms with E-state index in [4.69, 9.17) is 0 Å². The van der Waals surface area contributed by atoms with Crippen molar-refractivity contribution >= 4 is 17.8 Å². The van der Waals surface area contributed by atoms with Gasteiger partial charge in [-0.2, -0.15) is 5.10 Å². The summed E-state index contributed by atoms with van der Waals surface area (Å²) in [5.41, 5.74) is 0.102. The number of urea groups is 1. The van der Waals surface area contributed by atoms with Crippen molar-refractivity contribution < 1.29 is 9.59 Å². The normalized spacial score (nSPS) is 18.9. The largest absolute Gasteiger partial charge is 0.333 e. The molecule has 1 aliphatic heterocycles. The van der Waals surface area contributed by atoms with Crippen molar-refractivity contribution in [1.82, 2.24) is 14.7 Å². The highest BCUT2D eigenvalue weighted by molar-refractivity contribution is 6.22. The van der Waals surface area contributed by atoms with Gasteiger partial charge in [0.25, 0.3) is 5.91 Å². The number of aromatic nitrogens is 2. The highest BCUT2D eigenvalue weighted by atomic mass is 16.2. The lowest BCUT2D eigenvalue weighted by Gasteiger charge is -2.22. The van der Waals surface area contributed by atoms with Crippen LogP contribution >= 0.6 is 0 Å². The van der Waals surface area contributed by atoms with Gasteiger partial charge in [-0.15, -0.1) is 0 Å². The lowest BCUT2D eigenvalue weighted by Crippen LogP contribution is -2.41. The SMILES string of the molecule is Cc1cc(N2C(=O)N(C)C(C)(C)C2=O)nn1C(C)C. The molecular formula is C13H20N4O2. The van der Waals surface area contributed by atoms with Gasteiger partial charge in [-0.1, -0.05) is 0 Å². The third-order valence-corrected chi connectivity index (χ3v) is 3.67.